The molecule has 1 aromatic carbocycles. The maximum atomic E-state index is 13.8. The molecular weight excluding hydrogens is 245 g/mol. The fraction of sp³-hybridized carbons (Fsp3) is 0.500. The lowest BCUT2D eigenvalue weighted by atomic mass is 9.96. The molecule has 0 radical (unpaired) electrons. The average molecular weight is 265 g/mol. The van der Waals surface area contributed by atoms with Gasteiger partial charge in [0.05, 0.1) is 11.3 Å². The second kappa shape index (κ2) is 6.02. The molecule has 0 spiro atoms. The van der Waals surface area contributed by atoms with Gasteiger partial charge in [-0.05, 0) is 30.9 Å². The Morgan fingerprint density at radius 3 is 2.74 bits per heavy atom. The summed E-state index contributed by atoms with van der Waals surface area (Å²) in [4.78, 5) is 2.10. The molecule has 2 rings (SSSR count). The van der Waals surface area contributed by atoms with Gasteiger partial charge >= 0.3 is 0 Å². The van der Waals surface area contributed by atoms with Crippen LogP contribution in [0.4, 0.5) is 10.1 Å². The minimum Gasteiger partial charge on any atom is -0.384 e. The van der Waals surface area contributed by atoms with Crippen LogP contribution in [-0.4, -0.2) is 32.6 Å². The van der Waals surface area contributed by atoms with E-state index in [0.717, 1.165) is 38.2 Å². The van der Waals surface area contributed by atoms with E-state index >= 15 is 0 Å². The van der Waals surface area contributed by atoms with Gasteiger partial charge in [0.25, 0.3) is 0 Å². The van der Waals surface area contributed by atoms with Crippen molar-refractivity contribution in [3.63, 3.8) is 0 Å². The average Bonchev–Trinajstić information content (AvgIpc) is 2.39. The molecule has 5 heteroatoms. The van der Waals surface area contributed by atoms with E-state index in [9.17, 15) is 4.39 Å². The number of methoxy groups -OCH3 is 1. The predicted molar refractivity (Wildman–Crippen MR) is 74.2 cm³/mol. The maximum Gasteiger partial charge on any atom is 0.136 e. The first-order valence-corrected chi connectivity index (χ1v) is 6.50. The van der Waals surface area contributed by atoms with Crippen molar-refractivity contribution < 1.29 is 9.13 Å². The first-order valence-electron chi connectivity index (χ1n) is 6.50. The van der Waals surface area contributed by atoms with Gasteiger partial charge in [-0.1, -0.05) is 6.07 Å². The first kappa shape index (κ1) is 13.8. The highest BCUT2D eigenvalue weighted by Crippen LogP contribution is 2.27. The van der Waals surface area contributed by atoms with E-state index in [2.05, 4.69) is 4.90 Å². The van der Waals surface area contributed by atoms with Gasteiger partial charge in [-0.25, -0.2) is 4.39 Å². The van der Waals surface area contributed by atoms with E-state index in [4.69, 9.17) is 15.9 Å². The molecular formula is C14H20FN3O. The van der Waals surface area contributed by atoms with Crippen LogP contribution >= 0.6 is 0 Å². The van der Waals surface area contributed by atoms with Gasteiger partial charge < -0.3 is 15.4 Å². The van der Waals surface area contributed by atoms with Gasteiger partial charge in [-0.3, -0.25) is 5.41 Å². The Hall–Kier alpha value is -1.62. The van der Waals surface area contributed by atoms with Crippen LogP contribution < -0.4 is 10.6 Å². The minimum absolute atomic E-state index is 0.215. The quantitative estimate of drug-likeness (QED) is 0.646. The molecule has 0 amide bonds. The summed E-state index contributed by atoms with van der Waals surface area (Å²) < 4.78 is 19.0. The highest BCUT2D eigenvalue weighted by molar-refractivity contribution is 6.00. The van der Waals surface area contributed by atoms with E-state index in [0.29, 0.717) is 5.92 Å². The van der Waals surface area contributed by atoms with Crippen molar-refractivity contribution in [2.45, 2.75) is 12.8 Å². The Balaban J connectivity index is 2.15. The summed E-state index contributed by atoms with van der Waals surface area (Å²) in [5.74, 6) is -0.0771. The molecule has 1 aromatic rings. The third kappa shape index (κ3) is 3.04. The SMILES string of the molecule is COCC1CCN(c2cccc(F)c2C(=N)N)CC1. The summed E-state index contributed by atoms with van der Waals surface area (Å²) >= 11 is 0. The van der Waals surface area contributed by atoms with E-state index in [1.165, 1.54) is 6.07 Å². The minimum atomic E-state index is -0.427. The van der Waals surface area contributed by atoms with Crippen LogP contribution in [-0.2, 0) is 4.74 Å². The normalized spacial score (nSPS) is 16.6. The number of halogens is 1. The molecule has 0 atom stereocenters. The summed E-state index contributed by atoms with van der Waals surface area (Å²) in [6, 6.07) is 4.84. The van der Waals surface area contributed by atoms with Crippen molar-refractivity contribution in [3.8, 4) is 0 Å². The molecule has 1 saturated heterocycles. The van der Waals surface area contributed by atoms with Gasteiger partial charge in [-0.2, -0.15) is 0 Å². The zero-order valence-electron chi connectivity index (χ0n) is 11.2. The van der Waals surface area contributed by atoms with Crippen LogP contribution in [0.5, 0.6) is 0 Å². The highest BCUT2D eigenvalue weighted by Gasteiger charge is 2.22. The molecule has 104 valence electrons. The zero-order valence-corrected chi connectivity index (χ0v) is 11.2. The molecule has 1 heterocycles. The fourth-order valence-electron chi connectivity index (χ4n) is 2.62. The summed E-state index contributed by atoms with van der Waals surface area (Å²) in [6.07, 6.45) is 2.03. The monoisotopic (exact) mass is 265 g/mol. The van der Waals surface area contributed by atoms with Crippen molar-refractivity contribution in [1.82, 2.24) is 0 Å². The number of hydrogen-bond donors (Lipinski definition) is 2. The van der Waals surface area contributed by atoms with E-state index in [1.807, 2.05) is 6.07 Å². The number of amidine groups is 1. The largest absolute Gasteiger partial charge is 0.384 e. The van der Waals surface area contributed by atoms with Crippen molar-refractivity contribution in [2.24, 2.45) is 11.7 Å². The fourth-order valence-corrected chi connectivity index (χ4v) is 2.62. The summed E-state index contributed by atoms with van der Waals surface area (Å²) in [7, 11) is 1.72. The maximum absolute atomic E-state index is 13.8. The van der Waals surface area contributed by atoms with Gasteiger partial charge in [-0.15, -0.1) is 0 Å². The number of nitrogen functional groups attached to an aromatic ring is 1. The van der Waals surface area contributed by atoms with Crippen molar-refractivity contribution in [3.05, 3.63) is 29.6 Å². The van der Waals surface area contributed by atoms with Crippen molar-refractivity contribution in [1.29, 1.82) is 5.41 Å². The molecule has 0 aliphatic carbocycles. The zero-order chi connectivity index (χ0) is 13.8. The number of benzene rings is 1. The van der Waals surface area contributed by atoms with Crippen LogP contribution in [0.1, 0.15) is 18.4 Å². The molecule has 4 nitrogen and oxygen atoms in total. The van der Waals surface area contributed by atoms with Crippen molar-refractivity contribution >= 4 is 11.5 Å². The molecule has 19 heavy (non-hydrogen) atoms. The Labute approximate surface area is 112 Å². The van der Waals surface area contributed by atoms with Crippen molar-refractivity contribution in [2.75, 3.05) is 31.7 Å². The molecule has 0 unspecified atom stereocenters. The molecule has 1 fully saturated rings. The third-order valence-corrected chi connectivity index (χ3v) is 3.62. The summed E-state index contributed by atoms with van der Waals surface area (Å²) in [5.41, 5.74) is 6.43. The lowest BCUT2D eigenvalue weighted by molar-refractivity contribution is 0.139. The Morgan fingerprint density at radius 2 is 2.16 bits per heavy atom. The van der Waals surface area contributed by atoms with Crippen LogP contribution in [0.25, 0.3) is 0 Å². The molecule has 0 bridgehead atoms. The predicted octanol–water partition coefficient (Wildman–Crippen LogP) is 1.97. The smallest absolute Gasteiger partial charge is 0.136 e. The molecule has 1 aliphatic heterocycles. The number of nitrogens with one attached hydrogen (secondary N) is 1. The lowest BCUT2D eigenvalue weighted by Crippen LogP contribution is -2.36. The van der Waals surface area contributed by atoms with E-state index in [-0.39, 0.29) is 11.4 Å². The number of piperidine rings is 1. The first-order chi connectivity index (χ1) is 9.13. The number of anilines is 1. The Bertz CT molecular complexity index is 456. The molecule has 3 N–H and O–H groups in total. The number of nitrogens with two attached hydrogens (primary N) is 1. The Kier molecular flexibility index (Phi) is 4.37. The summed E-state index contributed by atoms with van der Waals surface area (Å²) in [6.45, 7) is 2.46. The van der Waals surface area contributed by atoms with Crippen LogP contribution in [0.3, 0.4) is 0 Å². The second-order valence-electron chi connectivity index (χ2n) is 4.93. The molecule has 1 aliphatic rings. The van der Waals surface area contributed by atoms with E-state index < -0.39 is 5.82 Å². The van der Waals surface area contributed by atoms with Gasteiger partial charge in [0, 0.05) is 26.8 Å². The summed E-state index contributed by atoms with van der Waals surface area (Å²) in [5, 5.41) is 7.53. The molecule has 0 aromatic heterocycles. The topological polar surface area (TPSA) is 62.3 Å². The number of ether oxygens (including phenoxy) is 1. The highest BCUT2D eigenvalue weighted by atomic mass is 19.1. The lowest BCUT2D eigenvalue weighted by Gasteiger charge is -2.34. The van der Waals surface area contributed by atoms with Gasteiger partial charge in [0.2, 0.25) is 0 Å². The van der Waals surface area contributed by atoms with Crippen LogP contribution in [0.2, 0.25) is 0 Å². The standard InChI is InChI=1S/C14H20FN3O/c1-19-9-10-5-7-18(8-6-10)12-4-2-3-11(15)13(12)14(16)17/h2-4,10H,5-9H2,1H3,(H3,16,17). The van der Waals surface area contributed by atoms with Gasteiger partial charge in [0.1, 0.15) is 11.7 Å². The second-order valence-corrected chi connectivity index (χ2v) is 4.93. The molecule has 0 saturated carbocycles. The number of hydrogen-bond acceptors (Lipinski definition) is 3. The number of rotatable bonds is 4. The van der Waals surface area contributed by atoms with Crippen LogP contribution in [0, 0.1) is 17.1 Å². The third-order valence-electron chi connectivity index (χ3n) is 3.62. The van der Waals surface area contributed by atoms with E-state index in [1.54, 1.807) is 13.2 Å². The number of nitrogens with zero attached hydrogens (tertiary/aromatic N) is 1. The van der Waals surface area contributed by atoms with Crippen LogP contribution in [0.15, 0.2) is 18.2 Å². The Morgan fingerprint density at radius 1 is 1.47 bits per heavy atom. The van der Waals surface area contributed by atoms with Gasteiger partial charge in [0.15, 0.2) is 0 Å².